The van der Waals surface area contributed by atoms with Crippen LogP contribution in [0.2, 0.25) is 0 Å². The SMILES string of the molecule is OCC1OC(Oc2cc(O)cc3c2C=C(OC2OC(CO)C(O)C(O)C2OC2OCC(O)C(O)C2O)C(c2cc(O)c(O)c(O)c2)[OH+]3)C(O)C(O)C1O. The second kappa shape index (κ2) is 15.5. The summed E-state index contributed by atoms with van der Waals surface area (Å²) in [7, 11) is 0. The number of fused-ring (bicyclic) bond motifs is 1. The lowest BCUT2D eigenvalue weighted by molar-refractivity contribution is -0.353. The highest BCUT2D eigenvalue weighted by atomic mass is 16.8. The van der Waals surface area contributed by atoms with Gasteiger partial charge in [-0.25, -0.2) is 0 Å². The summed E-state index contributed by atoms with van der Waals surface area (Å²) >= 11 is 0. The van der Waals surface area contributed by atoms with Gasteiger partial charge in [-0.05, 0) is 12.1 Å². The fraction of sp³-hybridized carbons (Fsp3) is 0.562. The lowest BCUT2D eigenvalue weighted by Crippen LogP contribution is -2.63. The van der Waals surface area contributed by atoms with Gasteiger partial charge in [-0.3, -0.25) is 0 Å². The fourth-order valence-electron chi connectivity index (χ4n) is 6.27. The van der Waals surface area contributed by atoms with Crippen molar-refractivity contribution in [1.82, 2.24) is 0 Å². The van der Waals surface area contributed by atoms with Crippen molar-refractivity contribution in [2.24, 2.45) is 0 Å². The van der Waals surface area contributed by atoms with E-state index in [1.54, 1.807) is 0 Å². The summed E-state index contributed by atoms with van der Waals surface area (Å²) in [5.74, 6) is -3.44. The van der Waals surface area contributed by atoms with Crippen LogP contribution in [0, 0.1) is 0 Å². The van der Waals surface area contributed by atoms with E-state index >= 15 is 0 Å². The molecule has 2 aromatic carbocycles. The number of hydrogen-bond donors (Lipinski definition) is 14. The zero-order valence-corrected chi connectivity index (χ0v) is 27.3. The van der Waals surface area contributed by atoms with Crippen molar-refractivity contribution in [3.63, 3.8) is 0 Å². The van der Waals surface area contributed by atoms with E-state index in [-0.39, 0.29) is 28.4 Å². The largest absolute Gasteiger partial charge is 0.571 e. The second-order valence-corrected chi connectivity index (χ2v) is 12.9. The molecule has 0 amide bonds. The van der Waals surface area contributed by atoms with Crippen molar-refractivity contribution in [3.05, 3.63) is 41.2 Å². The highest BCUT2D eigenvalue weighted by Crippen LogP contribution is 2.48. The quantitative estimate of drug-likeness (QED) is 0.0843. The monoisotopic (exact) mass is 761 g/mol. The van der Waals surface area contributed by atoms with Gasteiger partial charge in [0.1, 0.15) is 78.1 Å². The lowest BCUT2D eigenvalue weighted by atomic mass is 9.97. The Kier molecular flexibility index (Phi) is 11.4. The third-order valence-corrected chi connectivity index (χ3v) is 9.25. The van der Waals surface area contributed by atoms with Crippen molar-refractivity contribution in [2.75, 3.05) is 19.8 Å². The maximum Gasteiger partial charge on any atom is 0.270 e. The van der Waals surface area contributed by atoms with Gasteiger partial charge in [-0.1, -0.05) is 0 Å². The van der Waals surface area contributed by atoms with Gasteiger partial charge in [-0.2, -0.15) is 0 Å². The van der Waals surface area contributed by atoms with E-state index in [1.807, 2.05) is 0 Å². The van der Waals surface area contributed by atoms with Crippen LogP contribution in [-0.2, 0) is 23.7 Å². The van der Waals surface area contributed by atoms with Crippen LogP contribution in [0.25, 0.3) is 6.08 Å². The number of benzene rings is 2. The third kappa shape index (κ3) is 7.50. The molecule has 0 aliphatic carbocycles. The number of aliphatic hydroxyl groups excluding tert-OH is 10. The zero-order chi connectivity index (χ0) is 38.5. The molecule has 21 nitrogen and oxygen atoms in total. The van der Waals surface area contributed by atoms with Crippen molar-refractivity contribution >= 4 is 6.08 Å². The molecular formula is C32H41O21+. The summed E-state index contributed by atoms with van der Waals surface area (Å²) in [5.41, 5.74) is -0.0425. The van der Waals surface area contributed by atoms with Gasteiger partial charge < -0.3 is 105 Å². The Balaban J connectivity index is 1.41. The van der Waals surface area contributed by atoms with E-state index in [1.165, 1.54) is 12.1 Å². The minimum atomic E-state index is -1.92. The van der Waals surface area contributed by atoms with E-state index in [0.29, 0.717) is 0 Å². The van der Waals surface area contributed by atoms with Crippen molar-refractivity contribution in [1.29, 1.82) is 0 Å². The van der Waals surface area contributed by atoms with Gasteiger partial charge in [0.25, 0.3) is 11.9 Å². The number of aromatic hydroxyl groups is 5. The minimum absolute atomic E-state index is 0.00560. The molecule has 21 heteroatoms. The van der Waals surface area contributed by atoms with Gasteiger partial charge >= 0.3 is 0 Å². The van der Waals surface area contributed by atoms with Crippen LogP contribution in [0.15, 0.2) is 30.0 Å². The number of hydrogen-bond acceptors (Lipinski definition) is 20. The molecule has 0 saturated carbocycles. The first kappa shape index (κ1) is 38.9. The summed E-state index contributed by atoms with van der Waals surface area (Å²) in [5, 5.41) is 144. The van der Waals surface area contributed by atoms with Gasteiger partial charge in [0.2, 0.25) is 12.6 Å². The molecule has 4 aliphatic heterocycles. The first-order valence-corrected chi connectivity index (χ1v) is 16.2. The predicted octanol–water partition coefficient (Wildman–Crippen LogP) is -4.70. The van der Waals surface area contributed by atoms with E-state index in [2.05, 4.69) is 4.74 Å². The Labute approximate surface area is 298 Å². The van der Waals surface area contributed by atoms with Gasteiger partial charge in [0.05, 0.1) is 31.5 Å². The van der Waals surface area contributed by atoms with E-state index in [4.69, 9.17) is 28.4 Å². The maximum atomic E-state index is 11.1. The Bertz CT molecular complexity index is 1610. The van der Waals surface area contributed by atoms with Crippen LogP contribution in [0.5, 0.6) is 34.5 Å². The van der Waals surface area contributed by atoms with Crippen LogP contribution in [0.4, 0.5) is 0 Å². The van der Waals surface area contributed by atoms with Crippen molar-refractivity contribution in [3.8, 4) is 34.5 Å². The first-order chi connectivity index (χ1) is 25.1. The smallest absolute Gasteiger partial charge is 0.270 e. The van der Waals surface area contributed by atoms with Crippen molar-refractivity contribution in [2.45, 2.75) is 92.1 Å². The number of phenolic OH excluding ortho intramolecular Hbond substituents is 4. The molecule has 0 radical (unpaired) electrons. The summed E-state index contributed by atoms with van der Waals surface area (Å²) < 4.78 is 38.8. The molecule has 0 spiro atoms. The Morgan fingerprint density at radius 1 is 0.660 bits per heavy atom. The van der Waals surface area contributed by atoms with Crippen LogP contribution in [0.1, 0.15) is 17.2 Å². The predicted molar refractivity (Wildman–Crippen MR) is 168 cm³/mol. The summed E-state index contributed by atoms with van der Waals surface area (Å²) in [4.78, 5) is 0. The lowest BCUT2D eigenvalue weighted by Gasteiger charge is -2.45. The molecule has 15 unspecified atom stereocenters. The molecule has 6 rings (SSSR count). The van der Waals surface area contributed by atoms with E-state index in [9.17, 15) is 71.5 Å². The molecular weight excluding hydrogens is 720 g/mol. The standard InChI is InChI=1S/C32H40O21/c33-6-18-22(41)24(43)27(46)31(51-18)49-16-4-10(35)3-15-11(16)5-17(28(48-15)9-1-12(36)20(39)13(37)2-9)50-32-29(25(44)23(42)19(7-34)52-32)53-30-26(45)21(40)14(38)8-47-30/h1-5,14,18-19,21-46H,6-8H2/p+1. The summed E-state index contributed by atoms with van der Waals surface area (Å²) in [6.07, 6.45) is -24.2. The second-order valence-electron chi connectivity index (χ2n) is 12.9. The van der Waals surface area contributed by atoms with Crippen LogP contribution >= 0.6 is 0 Å². The third-order valence-electron chi connectivity index (χ3n) is 9.25. The average molecular weight is 762 g/mol. The van der Waals surface area contributed by atoms with Gasteiger partial charge in [0.15, 0.2) is 35.4 Å². The number of aliphatic hydroxyl groups is 11. The number of phenols is 4. The minimum Gasteiger partial charge on any atom is -0.571 e. The molecule has 3 saturated heterocycles. The normalized spacial score (nSPS) is 38.7. The van der Waals surface area contributed by atoms with E-state index in [0.717, 1.165) is 18.2 Å². The molecule has 0 aromatic heterocycles. The van der Waals surface area contributed by atoms with Crippen molar-refractivity contribution < 1.29 is 105 Å². The maximum absolute atomic E-state index is 11.1. The molecule has 294 valence electrons. The van der Waals surface area contributed by atoms with E-state index < -0.39 is 135 Å². The fourth-order valence-corrected chi connectivity index (χ4v) is 6.27. The van der Waals surface area contributed by atoms with Crippen LogP contribution < -0.4 is 4.74 Å². The van der Waals surface area contributed by atoms with Gasteiger partial charge in [0, 0.05) is 12.1 Å². The first-order valence-electron chi connectivity index (χ1n) is 16.2. The van der Waals surface area contributed by atoms with Crippen LogP contribution in [-0.4, -0.2) is 182 Å². The zero-order valence-electron chi connectivity index (χ0n) is 27.3. The molecule has 53 heavy (non-hydrogen) atoms. The Morgan fingerprint density at radius 2 is 1.26 bits per heavy atom. The summed E-state index contributed by atoms with van der Waals surface area (Å²) in [6, 6.07) is 4.27. The van der Waals surface area contributed by atoms with Crippen LogP contribution in [0.3, 0.4) is 0 Å². The van der Waals surface area contributed by atoms with Gasteiger partial charge in [-0.15, -0.1) is 0 Å². The molecule has 3 fully saturated rings. The molecule has 2 aromatic rings. The molecule has 4 heterocycles. The summed E-state index contributed by atoms with van der Waals surface area (Å²) in [6.45, 7) is -2.11. The number of ether oxygens (including phenoxy) is 7. The highest BCUT2D eigenvalue weighted by molar-refractivity contribution is 5.70. The highest BCUT2D eigenvalue weighted by Gasteiger charge is 2.51. The average Bonchev–Trinajstić information content (AvgIpc) is 3.13. The Morgan fingerprint density at radius 3 is 1.91 bits per heavy atom. The molecule has 15 N–H and O–H groups in total. The molecule has 0 bridgehead atoms. The molecule has 15 atom stereocenters. The molecule has 4 aliphatic rings. The Hall–Kier alpha value is -3.78. The topological polar surface area (TPSA) is 351 Å². The number of rotatable bonds is 9.